The van der Waals surface area contributed by atoms with Gasteiger partial charge in [0.1, 0.15) is 12.2 Å². The van der Waals surface area contributed by atoms with Gasteiger partial charge in [-0.2, -0.15) is 0 Å². The maximum atomic E-state index is 12.2. The number of aldehydes is 1. The van der Waals surface area contributed by atoms with E-state index >= 15 is 0 Å². The summed E-state index contributed by atoms with van der Waals surface area (Å²) in [5.41, 5.74) is 1.06. The lowest BCUT2D eigenvalue weighted by atomic mass is 10.3. The molecule has 1 aromatic carbocycles. The van der Waals surface area contributed by atoms with Gasteiger partial charge in [0.2, 0.25) is 5.91 Å². The first-order valence-electron chi connectivity index (χ1n) is 5.95. The maximum absolute atomic E-state index is 12.2. The standard InChI is InChI=1S/C13H14N4O2/c1-2-17(12-6-4-3-5-7-12)13(19)9-16-8-11(10-18)14-15-16/h3-8,10H,2,9H2,1H3. The van der Waals surface area contributed by atoms with E-state index in [1.165, 1.54) is 10.9 Å². The number of likely N-dealkylation sites (N-methyl/N-ethyl adjacent to an activating group) is 1. The summed E-state index contributed by atoms with van der Waals surface area (Å²) in [6.45, 7) is 2.53. The number of para-hydroxylation sites is 1. The molecule has 1 heterocycles. The Balaban J connectivity index is 2.11. The Bertz CT molecular complexity index is 565. The third-order valence-electron chi connectivity index (χ3n) is 2.66. The molecule has 0 saturated heterocycles. The first kappa shape index (κ1) is 12.9. The summed E-state index contributed by atoms with van der Waals surface area (Å²) in [5.74, 6) is -0.101. The van der Waals surface area contributed by atoms with Crippen molar-refractivity contribution in [1.29, 1.82) is 0 Å². The van der Waals surface area contributed by atoms with Crippen LogP contribution in [0.5, 0.6) is 0 Å². The summed E-state index contributed by atoms with van der Waals surface area (Å²) in [7, 11) is 0. The van der Waals surface area contributed by atoms with Gasteiger partial charge < -0.3 is 4.90 Å². The van der Waals surface area contributed by atoms with Gasteiger partial charge in [-0.3, -0.25) is 9.59 Å². The van der Waals surface area contributed by atoms with Gasteiger partial charge in [0.25, 0.3) is 0 Å². The number of carbonyl (C=O) groups excluding carboxylic acids is 2. The third kappa shape index (κ3) is 3.04. The zero-order valence-corrected chi connectivity index (χ0v) is 10.6. The first-order chi connectivity index (χ1) is 9.24. The van der Waals surface area contributed by atoms with E-state index in [4.69, 9.17) is 0 Å². The predicted molar refractivity (Wildman–Crippen MR) is 69.9 cm³/mol. The summed E-state index contributed by atoms with van der Waals surface area (Å²) in [6.07, 6.45) is 2.05. The fourth-order valence-electron chi connectivity index (χ4n) is 1.78. The zero-order valence-electron chi connectivity index (χ0n) is 10.6. The van der Waals surface area contributed by atoms with E-state index in [1.807, 2.05) is 37.3 Å². The van der Waals surface area contributed by atoms with E-state index in [-0.39, 0.29) is 18.1 Å². The van der Waals surface area contributed by atoms with E-state index in [0.29, 0.717) is 12.8 Å². The molecule has 0 atom stereocenters. The van der Waals surface area contributed by atoms with Crippen LogP contribution in [0, 0.1) is 0 Å². The molecule has 1 aromatic heterocycles. The van der Waals surface area contributed by atoms with Gasteiger partial charge >= 0.3 is 0 Å². The number of benzene rings is 1. The molecule has 0 unspecified atom stereocenters. The average Bonchev–Trinajstić information content (AvgIpc) is 2.88. The van der Waals surface area contributed by atoms with Crippen molar-refractivity contribution in [1.82, 2.24) is 15.0 Å². The van der Waals surface area contributed by atoms with Crippen molar-refractivity contribution in [2.24, 2.45) is 0 Å². The number of hydrogen-bond acceptors (Lipinski definition) is 4. The van der Waals surface area contributed by atoms with Crippen LogP contribution in [0.15, 0.2) is 36.5 Å². The lowest BCUT2D eigenvalue weighted by molar-refractivity contribution is -0.119. The molecule has 0 saturated carbocycles. The van der Waals surface area contributed by atoms with E-state index < -0.39 is 0 Å². The molecule has 6 nitrogen and oxygen atoms in total. The van der Waals surface area contributed by atoms with Gasteiger partial charge in [-0.05, 0) is 19.1 Å². The molecule has 0 aliphatic heterocycles. The van der Waals surface area contributed by atoms with Crippen molar-refractivity contribution >= 4 is 17.9 Å². The number of hydrogen-bond donors (Lipinski definition) is 0. The molecule has 0 fully saturated rings. The van der Waals surface area contributed by atoms with Gasteiger partial charge in [-0.15, -0.1) is 5.10 Å². The highest BCUT2D eigenvalue weighted by atomic mass is 16.2. The molecule has 2 rings (SSSR count). The molecule has 0 radical (unpaired) electrons. The average molecular weight is 258 g/mol. The maximum Gasteiger partial charge on any atom is 0.248 e. The largest absolute Gasteiger partial charge is 0.311 e. The fraction of sp³-hybridized carbons (Fsp3) is 0.231. The van der Waals surface area contributed by atoms with Crippen molar-refractivity contribution in [2.45, 2.75) is 13.5 Å². The van der Waals surface area contributed by atoms with E-state index in [2.05, 4.69) is 10.3 Å². The van der Waals surface area contributed by atoms with Crippen molar-refractivity contribution in [3.8, 4) is 0 Å². The van der Waals surface area contributed by atoms with Crippen LogP contribution in [0.1, 0.15) is 17.4 Å². The topological polar surface area (TPSA) is 68.1 Å². The second kappa shape index (κ2) is 5.90. The molecule has 0 bridgehead atoms. The van der Waals surface area contributed by atoms with Crippen LogP contribution in [0.4, 0.5) is 5.69 Å². The molecule has 6 heteroatoms. The fourth-order valence-corrected chi connectivity index (χ4v) is 1.78. The van der Waals surface area contributed by atoms with Crippen molar-refractivity contribution in [3.63, 3.8) is 0 Å². The number of aromatic nitrogens is 3. The minimum absolute atomic E-state index is 0.0591. The molecule has 1 amide bonds. The summed E-state index contributed by atoms with van der Waals surface area (Å²) >= 11 is 0. The number of carbonyl (C=O) groups is 2. The van der Waals surface area contributed by atoms with E-state index in [1.54, 1.807) is 4.90 Å². The summed E-state index contributed by atoms with van der Waals surface area (Å²) in [5, 5.41) is 7.35. The highest BCUT2D eigenvalue weighted by Crippen LogP contribution is 2.13. The molecule has 0 aliphatic carbocycles. The molecule has 2 aromatic rings. The summed E-state index contributed by atoms with van der Waals surface area (Å²) in [6, 6.07) is 9.41. The van der Waals surface area contributed by atoms with Crippen molar-refractivity contribution < 1.29 is 9.59 Å². The highest BCUT2D eigenvalue weighted by Gasteiger charge is 2.14. The molecule has 0 N–H and O–H groups in total. The summed E-state index contributed by atoms with van der Waals surface area (Å²) in [4.78, 5) is 24.4. The number of amides is 1. The molecular weight excluding hydrogens is 244 g/mol. The molecular formula is C13H14N4O2. The number of rotatable bonds is 5. The minimum Gasteiger partial charge on any atom is -0.311 e. The Morgan fingerprint density at radius 3 is 2.68 bits per heavy atom. The Morgan fingerprint density at radius 2 is 2.11 bits per heavy atom. The monoisotopic (exact) mass is 258 g/mol. The van der Waals surface area contributed by atoms with Crippen LogP contribution in [-0.4, -0.2) is 33.7 Å². The van der Waals surface area contributed by atoms with Crippen molar-refractivity contribution in [3.05, 3.63) is 42.2 Å². The first-order valence-corrected chi connectivity index (χ1v) is 5.95. The zero-order chi connectivity index (χ0) is 13.7. The van der Waals surface area contributed by atoms with Gasteiger partial charge in [0, 0.05) is 12.2 Å². The Morgan fingerprint density at radius 1 is 1.37 bits per heavy atom. The number of anilines is 1. The van der Waals surface area contributed by atoms with Gasteiger partial charge in [0.15, 0.2) is 6.29 Å². The van der Waals surface area contributed by atoms with Gasteiger partial charge in [-0.25, -0.2) is 4.68 Å². The lowest BCUT2D eigenvalue weighted by Gasteiger charge is -2.20. The van der Waals surface area contributed by atoms with Crippen molar-refractivity contribution in [2.75, 3.05) is 11.4 Å². The third-order valence-corrected chi connectivity index (χ3v) is 2.66. The second-order valence-corrected chi connectivity index (χ2v) is 3.93. The predicted octanol–water partition coefficient (Wildman–Crippen LogP) is 1.14. The van der Waals surface area contributed by atoms with Gasteiger partial charge in [0.05, 0.1) is 6.20 Å². The Labute approximate surface area is 110 Å². The minimum atomic E-state index is -0.101. The van der Waals surface area contributed by atoms with Gasteiger partial charge in [-0.1, -0.05) is 23.4 Å². The lowest BCUT2D eigenvalue weighted by Crippen LogP contribution is -2.33. The SMILES string of the molecule is CCN(C(=O)Cn1cc(C=O)nn1)c1ccccc1. The number of nitrogens with zero attached hydrogens (tertiary/aromatic N) is 4. The van der Waals surface area contributed by atoms with Crippen LogP contribution >= 0.6 is 0 Å². The Hall–Kier alpha value is -2.50. The smallest absolute Gasteiger partial charge is 0.248 e. The molecule has 98 valence electrons. The van der Waals surface area contributed by atoms with Crippen LogP contribution in [0.2, 0.25) is 0 Å². The quantitative estimate of drug-likeness (QED) is 0.754. The molecule has 0 spiro atoms. The normalized spacial score (nSPS) is 10.2. The molecule has 0 aliphatic rings. The summed E-state index contributed by atoms with van der Waals surface area (Å²) < 4.78 is 1.36. The van der Waals surface area contributed by atoms with E-state index in [0.717, 1.165) is 5.69 Å². The Kier molecular flexibility index (Phi) is 4.02. The molecule has 19 heavy (non-hydrogen) atoms. The highest BCUT2D eigenvalue weighted by molar-refractivity contribution is 5.93. The van der Waals surface area contributed by atoms with Crippen LogP contribution < -0.4 is 4.90 Å². The van der Waals surface area contributed by atoms with Crippen LogP contribution in [-0.2, 0) is 11.3 Å². The van der Waals surface area contributed by atoms with Crippen LogP contribution in [0.25, 0.3) is 0 Å². The second-order valence-electron chi connectivity index (χ2n) is 3.93. The van der Waals surface area contributed by atoms with Crippen LogP contribution in [0.3, 0.4) is 0 Å². The van der Waals surface area contributed by atoms with E-state index in [9.17, 15) is 9.59 Å².